The molecule has 6 nitrogen and oxygen atoms in total. The monoisotopic (exact) mass is 356 g/mol. The summed E-state index contributed by atoms with van der Waals surface area (Å²) in [5.41, 5.74) is 2.24. The number of urea groups is 1. The lowest BCUT2D eigenvalue weighted by atomic mass is 10.2. The molecule has 0 saturated carbocycles. The fourth-order valence-electron chi connectivity index (χ4n) is 2.20. The highest BCUT2D eigenvalue weighted by molar-refractivity contribution is 6.30. The van der Waals surface area contributed by atoms with Crippen molar-refractivity contribution in [2.45, 2.75) is 13.3 Å². The lowest BCUT2D eigenvalue weighted by Crippen LogP contribution is -2.29. The topological polar surface area (TPSA) is 80.0 Å². The van der Waals surface area contributed by atoms with E-state index >= 15 is 0 Å². The quantitative estimate of drug-likeness (QED) is 0.700. The molecule has 0 aliphatic heterocycles. The van der Waals surface area contributed by atoms with Crippen LogP contribution in [0.2, 0.25) is 5.02 Å². The van der Waals surface area contributed by atoms with Crippen LogP contribution in [0, 0.1) is 0 Å². The maximum atomic E-state index is 11.6. The third-order valence-corrected chi connectivity index (χ3v) is 3.67. The molecule has 7 heteroatoms. The maximum Gasteiger partial charge on any atom is 0.319 e. The summed E-state index contributed by atoms with van der Waals surface area (Å²) in [6.07, 6.45) is 0.888. The molecule has 1 aromatic heterocycles. The molecule has 0 unspecified atom stereocenters. The van der Waals surface area contributed by atoms with Gasteiger partial charge in [-0.15, -0.1) is 0 Å². The van der Waals surface area contributed by atoms with Crippen LogP contribution >= 0.6 is 11.6 Å². The van der Waals surface area contributed by atoms with Crippen molar-refractivity contribution in [3.05, 3.63) is 53.6 Å². The van der Waals surface area contributed by atoms with Gasteiger partial charge in [-0.2, -0.15) is 4.98 Å². The fourth-order valence-corrected chi connectivity index (χ4v) is 2.39. The number of hydrogen-bond donors (Lipinski definition) is 2. The zero-order valence-electron chi connectivity index (χ0n) is 13.6. The lowest BCUT2D eigenvalue weighted by Gasteiger charge is -2.06. The lowest BCUT2D eigenvalue weighted by molar-refractivity contribution is 0.252. The summed E-state index contributed by atoms with van der Waals surface area (Å²) >= 11 is 5.98. The van der Waals surface area contributed by atoms with Gasteiger partial charge in [0.25, 0.3) is 5.89 Å². The van der Waals surface area contributed by atoms with Crippen LogP contribution in [-0.4, -0.2) is 22.7 Å². The van der Waals surface area contributed by atoms with Gasteiger partial charge >= 0.3 is 6.03 Å². The molecule has 2 aromatic carbocycles. The van der Waals surface area contributed by atoms with E-state index in [2.05, 4.69) is 20.8 Å². The molecule has 25 heavy (non-hydrogen) atoms. The van der Waals surface area contributed by atoms with Crippen LogP contribution in [-0.2, 0) is 0 Å². The third kappa shape index (κ3) is 4.36. The first-order chi connectivity index (χ1) is 12.2. The molecule has 2 N–H and O–H groups in total. The van der Waals surface area contributed by atoms with E-state index in [1.54, 1.807) is 24.3 Å². The molecule has 1 heterocycles. The Kier molecular flexibility index (Phi) is 5.30. The minimum Gasteiger partial charge on any atom is -0.338 e. The van der Waals surface area contributed by atoms with Gasteiger partial charge in [0, 0.05) is 28.4 Å². The van der Waals surface area contributed by atoms with Crippen molar-refractivity contribution >= 4 is 23.3 Å². The van der Waals surface area contributed by atoms with Crippen molar-refractivity contribution in [1.29, 1.82) is 0 Å². The molecule has 0 spiro atoms. The van der Waals surface area contributed by atoms with Gasteiger partial charge in [-0.05, 0) is 48.9 Å². The summed E-state index contributed by atoms with van der Waals surface area (Å²) in [6, 6.07) is 14.2. The molecule has 0 saturated heterocycles. The summed E-state index contributed by atoms with van der Waals surface area (Å²) < 4.78 is 5.30. The van der Waals surface area contributed by atoms with Crippen molar-refractivity contribution in [3.63, 3.8) is 0 Å². The van der Waals surface area contributed by atoms with E-state index in [9.17, 15) is 4.79 Å². The second kappa shape index (κ2) is 7.81. The van der Waals surface area contributed by atoms with Gasteiger partial charge < -0.3 is 15.2 Å². The Morgan fingerprint density at radius 1 is 1.16 bits per heavy atom. The number of amides is 2. The van der Waals surface area contributed by atoms with Crippen molar-refractivity contribution in [1.82, 2.24) is 15.5 Å². The van der Waals surface area contributed by atoms with Crippen LogP contribution in [0.4, 0.5) is 10.5 Å². The summed E-state index contributed by atoms with van der Waals surface area (Å²) in [5, 5.41) is 10.1. The normalized spacial score (nSPS) is 10.5. The third-order valence-electron chi connectivity index (χ3n) is 3.43. The largest absolute Gasteiger partial charge is 0.338 e. The van der Waals surface area contributed by atoms with Crippen LogP contribution in [0.1, 0.15) is 13.3 Å². The van der Waals surface area contributed by atoms with Crippen LogP contribution < -0.4 is 10.6 Å². The minimum atomic E-state index is -0.225. The standard InChI is InChI=1S/C18H17ClN4O2/c1-2-10-20-18(24)21-15-8-6-12(7-9-15)16-22-17(25-23-16)13-4-3-5-14(19)11-13/h3-9,11H,2,10H2,1H3,(H2,20,21,24). The van der Waals surface area contributed by atoms with E-state index in [1.807, 2.05) is 31.2 Å². The number of nitrogens with zero attached hydrogens (tertiary/aromatic N) is 2. The summed E-state index contributed by atoms with van der Waals surface area (Å²) in [4.78, 5) is 16.0. The van der Waals surface area contributed by atoms with E-state index in [-0.39, 0.29) is 6.03 Å². The van der Waals surface area contributed by atoms with Crippen LogP contribution in [0.15, 0.2) is 53.1 Å². The average Bonchev–Trinajstić information content (AvgIpc) is 3.11. The van der Waals surface area contributed by atoms with Crippen LogP contribution in [0.3, 0.4) is 0 Å². The van der Waals surface area contributed by atoms with E-state index in [1.165, 1.54) is 0 Å². The molecule has 2 amide bonds. The molecule has 128 valence electrons. The van der Waals surface area contributed by atoms with Gasteiger partial charge in [0.2, 0.25) is 5.82 Å². The maximum absolute atomic E-state index is 11.6. The van der Waals surface area contributed by atoms with Gasteiger partial charge in [0.05, 0.1) is 0 Å². The van der Waals surface area contributed by atoms with Crippen molar-refractivity contribution in [2.75, 3.05) is 11.9 Å². The zero-order chi connectivity index (χ0) is 17.6. The Morgan fingerprint density at radius 2 is 1.96 bits per heavy atom. The molecule has 0 aliphatic carbocycles. The summed E-state index contributed by atoms with van der Waals surface area (Å²) in [5.74, 6) is 0.871. The first-order valence-corrected chi connectivity index (χ1v) is 8.28. The summed E-state index contributed by atoms with van der Waals surface area (Å²) in [6.45, 7) is 2.64. The molecule has 0 atom stereocenters. The van der Waals surface area contributed by atoms with Gasteiger partial charge in [0.15, 0.2) is 0 Å². The Morgan fingerprint density at radius 3 is 2.68 bits per heavy atom. The van der Waals surface area contributed by atoms with Crippen LogP contribution in [0.25, 0.3) is 22.8 Å². The number of halogens is 1. The Hall–Kier alpha value is -2.86. The van der Waals surface area contributed by atoms with Crippen molar-refractivity contribution in [2.24, 2.45) is 0 Å². The highest BCUT2D eigenvalue weighted by Gasteiger charge is 2.11. The number of benzene rings is 2. The molecule has 3 rings (SSSR count). The number of aromatic nitrogens is 2. The highest BCUT2D eigenvalue weighted by atomic mass is 35.5. The molecular weight excluding hydrogens is 340 g/mol. The number of anilines is 1. The number of hydrogen-bond acceptors (Lipinski definition) is 4. The average molecular weight is 357 g/mol. The number of carbonyl (C=O) groups is 1. The Labute approximate surface area is 150 Å². The van der Waals surface area contributed by atoms with E-state index in [4.69, 9.17) is 16.1 Å². The van der Waals surface area contributed by atoms with Gasteiger partial charge in [-0.1, -0.05) is 29.7 Å². The van der Waals surface area contributed by atoms with Crippen molar-refractivity contribution in [3.8, 4) is 22.8 Å². The molecule has 3 aromatic rings. The second-order valence-corrected chi connectivity index (χ2v) is 5.83. The number of carbonyl (C=O) groups excluding carboxylic acids is 1. The predicted molar refractivity (Wildman–Crippen MR) is 97.5 cm³/mol. The molecular formula is C18H17ClN4O2. The first kappa shape index (κ1) is 17.0. The molecule has 0 aliphatic rings. The fraction of sp³-hybridized carbons (Fsp3) is 0.167. The summed E-state index contributed by atoms with van der Waals surface area (Å²) in [7, 11) is 0. The molecule has 0 fully saturated rings. The van der Waals surface area contributed by atoms with E-state index in [0.29, 0.717) is 29.0 Å². The minimum absolute atomic E-state index is 0.225. The number of nitrogens with one attached hydrogen (secondary N) is 2. The zero-order valence-corrected chi connectivity index (χ0v) is 14.4. The second-order valence-electron chi connectivity index (χ2n) is 5.39. The number of rotatable bonds is 5. The van der Waals surface area contributed by atoms with E-state index in [0.717, 1.165) is 17.5 Å². The Bertz CT molecular complexity index is 862. The van der Waals surface area contributed by atoms with Gasteiger partial charge in [-0.3, -0.25) is 0 Å². The van der Waals surface area contributed by atoms with E-state index < -0.39 is 0 Å². The SMILES string of the molecule is CCCNC(=O)Nc1ccc(-c2noc(-c3cccc(Cl)c3)n2)cc1. The molecule has 0 bridgehead atoms. The van der Waals surface area contributed by atoms with Crippen LogP contribution in [0.5, 0.6) is 0 Å². The Balaban J connectivity index is 1.72. The van der Waals surface area contributed by atoms with Gasteiger partial charge in [0.1, 0.15) is 0 Å². The molecule has 0 radical (unpaired) electrons. The predicted octanol–water partition coefficient (Wildman–Crippen LogP) is 4.59. The van der Waals surface area contributed by atoms with Crippen molar-refractivity contribution < 1.29 is 9.32 Å². The highest BCUT2D eigenvalue weighted by Crippen LogP contribution is 2.25. The first-order valence-electron chi connectivity index (χ1n) is 7.90. The van der Waals surface area contributed by atoms with Gasteiger partial charge in [-0.25, -0.2) is 4.79 Å². The smallest absolute Gasteiger partial charge is 0.319 e.